The first kappa shape index (κ1) is 20.2. The van der Waals surface area contributed by atoms with E-state index in [9.17, 15) is 9.90 Å². The van der Waals surface area contributed by atoms with Crippen molar-refractivity contribution in [2.24, 2.45) is 22.7 Å². The minimum Gasteiger partial charge on any atom is -0.462 e. The molecule has 25 heavy (non-hydrogen) atoms. The number of aliphatic hydroxyl groups is 1. The highest BCUT2D eigenvalue weighted by molar-refractivity contribution is 5.66. The number of fused-ring (bicyclic) bond motifs is 1. The first-order chi connectivity index (χ1) is 11.4. The first-order valence-electron chi connectivity index (χ1n) is 9.64. The molecule has 0 aromatic carbocycles. The molecule has 0 heterocycles. The Balaban J connectivity index is 2.35. The highest BCUT2D eigenvalue weighted by Gasteiger charge is 2.57. The molecule has 0 aromatic rings. The van der Waals surface area contributed by atoms with Crippen LogP contribution in [0, 0.1) is 22.7 Å². The van der Waals surface area contributed by atoms with Crippen molar-refractivity contribution < 1.29 is 14.6 Å². The minimum atomic E-state index is -0.844. The summed E-state index contributed by atoms with van der Waals surface area (Å²) in [4.78, 5) is 11.7. The molecule has 2 saturated carbocycles. The fraction of sp³-hybridized carbons (Fsp3) is 0.773. The quantitative estimate of drug-likeness (QED) is 0.559. The van der Waals surface area contributed by atoms with Gasteiger partial charge in [0.25, 0.3) is 0 Å². The Morgan fingerprint density at radius 3 is 2.60 bits per heavy atom. The molecule has 0 bridgehead atoms. The summed E-state index contributed by atoms with van der Waals surface area (Å²) in [5, 5.41) is 10.4. The van der Waals surface area contributed by atoms with E-state index in [2.05, 4.69) is 33.9 Å². The average molecular weight is 349 g/mol. The maximum Gasteiger partial charge on any atom is 0.302 e. The van der Waals surface area contributed by atoms with Gasteiger partial charge in [-0.1, -0.05) is 45.4 Å². The Bertz CT molecular complexity index is 545. The van der Waals surface area contributed by atoms with Crippen LogP contribution >= 0.6 is 0 Å². The zero-order valence-electron chi connectivity index (χ0n) is 16.7. The van der Waals surface area contributed by atoms with Crippen LogP contribution in [-0.2, 0) is 9.53 Å². The van der Waals surface area contributed by atoms with Crippen LogP contribution in [0.1, 0.15) is 73.1 Å². The predicted octanol–water partition coefficient (Wildman–Crippen LogP) is 5.04. The van der Waals surface area contributed by atoms with E-state index in [4.69, 9.17) is 4.74 Å². The van der Waals surface area contributed by atoms with E-state index in [1.165, 1.54) is 18.9 Å². The Labute approximate surface area is 153 Å². The second-order valence-corrected chi connectivity index (χ2v) is 9.49. The number of carbonyl (C=O) groups excluding carboxylic acids is 1. The lowest BCUT2D eigenvalue weighted by molar-refractivity contribution is -0.171. The van der Waals surface area contributed by atoms with Crippen LogP contribution in [0.15, 0.2) is 24.8 Å². The molecule has 3 nitrogen and oxygen atoms in total. The molecular weight excluding hydrogens is 312 g/mol. The molecule has 0 aliphatic heterocycles. The van der Waals surface area contributed by atoms with Crippen molar-refractivity contribution in [2.45, 2.75) is 84.8 Å². The van der Waals surface area contributed by atoms with Crippen LogP contribution in [0.5, 0.6) is 0 Å². The Morgan fingerprint density at radius 1 is 1.40 bits per heavy atom. The lowest BCUT2D eigenvalue weighted by atomic mass is 9.46. The number of hydrogen-bond donors (Lipinski definition) is 1. The molecule has 5 atom stereocenters. The number of ether oxygens (including phenoxy) is 1. The molecule has 3 heteroatoms. The zero-order chi connectivity index (χ0) is 19.0. The molecule has 142 valence electrons. The van der Waals surface area contributed by atoms with Gasteiger partial charge in [0.15, 0.2) is 0 Å². The van der Waals surface area contributed by atoms with E-state index < -0.39 is 5.60 Å². The van der Waals surface area contributed by atoms with Crippen molar-refractivity contribution in [3.05, 3.63) is 24.8 Å². The maximum atomic E-state index is 11.7. The summed E-state index contributed by atoms with van der Waals surface area (Å²) in [6, 6.07) is 0. The molecule has 2 fully saturated rings. The largest absolute Gasteiger partial charge is 0.462 e. The van der Waals surface area contributed by atoms with Crippen molar-refractivity contribution in [3.63, 3.8) is 0 Å². The number of rotatable bonds is 5. The lowest BCUT2D eigenvalue weighted by Crippen LogP contribution is -2.56. The molecule has 0 spiro atoms. The zero-order valence-corrected chi connectivity index (χ0v) is 16.7. The van der Waals surface area contributed by atoms with Gasteiger partial charge in [0, 0.05) is 19.3 Å². The predicted molar refractivity (Wildman–Crippen MR) is 102 cm³/mol. The van der Waals surface area contributed by atoms with Gasteiger partial charge >= 0.3 is 5.97 Å². The summed E-state index contributed by atoms with van der Waals surface area (Å²) in [5.41, 5.74) is 0.507. The van der Waals surface area contributed by atoms with E-state index in [1.807, 2.05) is 6.92 Å². The van der Waals surface area contributed by atoms with Crippen LogP contribution in [0.4, 0.5) is 0 Å². The van der Waals surface area contributed by atoms with Gasteiger partial charge in [0.05, 0.1) is 5.60 Å². The lowest BCUT2D eigenvalue weighted by Gasteiger charge is -2.60. The van der Waals surface area contributed by atoms with E-state index in [0.717, 1.165) is 25.7 Å². The third kappa shape index (κ3) is 4.02. The third-order valence-electron chi connectivity index (χ3n) is 6.91. The molecule has 2 aliphatic carbocycles. The summed E-state index contributed by atoms with van der Waals surface area (Å²) in [5.74, 6) is 0.465. The fourth-order valence-corrected chi connectivity index (χ4v) is 5.83. The molecule has 1 N–H and O–H groups in total. The summed E-state index contributed by atoms with van der Waals surface area (Å²) in [6.45, 7) is 18.4. The number of hydrogen-bond acceptors (Lipinski definition) is 3. The normalized spacial score (nSPS) is 36.9. The van der Waals surface area contributed by atoms with E-state index in [0.29, 0.717) is 18.3 Å². The minimum absolute atomic E-state index is 0.0500. The molecule has 0 aromatic heterocycles. The van der Waals surface area contributed by atoms with Gasteiger partial charge in [0.1, 0.15) is 6.10 Å². The van der Waals surface area contributed by atoms with Gasteiger partial charge in [-0.15, -0.1) is 6.58 Å². The fourth-order valence-electron chi connectivity index (χ4n) is 5.83. The second kappa shape index (κ2) is 6.90. The Hall–Kier alpha value is -1.09. The van der Waals surface area contributed by atoms with Crippen molar-refractivity contribution in [1.82, 2.24) is 0 Å². The van der Waals surface area contributed by atoms with Crippen molar-refractivity contribution in [3.8, 4) is 0 Å². The molecule has 0 saturated heterocycles. The molecule has 2 aliphatic rings. The summed E-state index contributed by atoms with van der Waals surface area (Å²) < 4.78 is 5.78. The highest BCUT2D eigenvalue weighted by Crippen LogP contribution is 2.62. The first-order valence-corrected chi connectivity index (χ1v) is 9.64. The summed E-state index contributed by atoms with van der Waals surface area (Å²) in [6.07, 6.45) is 7.34. The van der Waals surface area contributed by atoms with Gasteiger partial charge in [-0.2, -0.15) is 0 Å². The van der Waals surface area contributed by atoms with E-state index >= 15 is 0 Å². The van der Waals surface area contributed by atoms with Crippen LogP contribution in [0.25, 0.3) is 0 Å². The smallest absolute Gasteiger partial charge is 0.302 e. The van der Waals surface area contributed by atoms with E-state index in [1.54, 1.807) is 6.08 Å². The average Bonchev–Trinajstić information content (AvgIpc) is 2.44. The van der Waals surface area contributed by atoms with Crippen LogP contribution < -0.4 is 0 Å². The topological polar surface area (TPSA) is 46.5 Å². The highest BCUT2D eigenvalue weighted by atomic mass is 16.5. The third-order valence-corrected chi connectivity index (χ3v) is 6.91. The summed E-state index contributed by atoms with van der Waals surface area (Å²) >= 11 is 0. The number of carbonyl (C=O) groups is 1. The molecule has 2 rings (SSSR count). The van der Waals surface area contributed by atoms with Gasteiger partial charge in [-0.25, -0.2) is 0 Å². The monoisotopic (exact) mass is 348 g/mol. The molecule has 0 radical (unpaired) electrons. The maximum absolute atomic E-state index is 11.7. The van der Waals surface area contributed by atoms with Gasteiger partial charge in [-0.05, 0) is 49.4 Å². The van der Waals surface area contributed by atoms with E-state index in [-0.39, 0.29) is 22.9 Å². The molecule has 0 unspecified atom stereocenters. The Morgan fingerprint density at radius 2 is 2.04 bits per heavy atom. The summed E-state index contributed by atoms with van der Waals surface area (Å²) in [7, 11) is 0. The molecular formula is C22H36O3. The van der Waals surface area contributed by atoms with Crippen LogP contribution in [-0.4, -0.2) is 22.8 Å². The van der Waals surface area contributed by atoms with Gasteiger partial charge < -0.3 is 9.84 Å². The van der Waals surface area contributed by atoms with Crippen LogP contribution in [0.3, 0.4) is 0 Å². The molecule has 0 amide bonds. The van der Waals surface area contributed by atoms with Crippen molar-refractivity contribution in [2.75, 3.05) is 0 Å². The Kier molecular flexibility index (Phi) is 5.59. The van der Waals surface area contributed by atoms with Crippen molar-refractivity contribution >= 4 is 5.97 Å². The SMILES string of the molecule is C=C[C@@](C)(O)CC[C@H]1C(=C)C[C@H](OC(C)=O)[C@H]2C(C)(C)CCC[C@@]12C. The van der Waals surface area contributed by atoms with Crippen LogP contribution in [0.2, 0.25) is 0 Å². The van der Waals surface area contributed by atoms with Crippen molar-refractivity contribution in [1.29, 1.82) is 0 Å². The van der Waals surface area contributed by atoms with Gasteiger partial charge in [-0.3, -0.25) is 4.79 Å². The second-order valence-electron chi connectivity index (χ2n) is 9.49. The van der Waals surface area contributed by atoms with Gasteiger partial charge in [0.2, 0.25) is 0 Å². The standard InChI is InChI=1S/C22H36O3/c1-8-21(6,24)13-10-17-15(2)14-18(25-16(3)23)19-20(4,5)11-9-12-22(17,19)7/h8,17-19,24H,1-2,9-14H2,3-7H3/t17-,18-,19-,21+,22-/m0/s1. The number of esters is 1.